The van der Waals surface area contributed by atoms with E-state index in [1.54, 1.807) is 42.5 Å². The second kappa shape index (κ2) is 7.82. The molecule has 7 heteroatoms. The molecule has 0 fully saturated rings. The van der Waals surface area contributed by atoms with Crippen molar-refractivity contribution in [2.45, 2.75) is 19.6 Å². The number of aromatic nitrogens is 2. The number of amides is 1. The van der Waals surface area contributed by atoms with Crippen molar-refractivity contribution < 1.29 is 9.18 Å². The fourth-order valence-electron chi connectivity index (χ4n) is 2.87. The second-order valence-electron chi connectivity index (χ2n) is 5.95. The molecule has 1 heterocycles. The van der Waals surface area contributed by atoms with Crippen LogP contribution in [0.2, 0.25) is 0 Å². The first-order valence-electron chi connectivity index (χ1n) is 8.36. The van der Waals surface area contributed by atoms with Crippen LogP contribution in [0.1, 0.15) is 5.56 Å². The Balaban J connectivity index is 1.92. The van der Waals surface area contributed by atoms with Gasteiger partial charge in [-0.3, -0.25) is 23.5 Å². The third-order valence-electron chi connectivity index (χ3n) is 4.18. The molecule has 2 aromatic carbocycles. The molecule has 6 nitrogen and oxygen atoms in total. The van der Waals surface area contributed by atoms with Crippen LogP contribution in [0.15, 0.2) is 70.8 Å². The normalized spacial score (nSPS) is 10.7. The minimum absolute atomic E-state index is 0.00821. The zero-order chi connectivity index (χ0) is 19.4. The van der Waals surface area contributed by atoms with Crippen LogP contribution in [0.3, 0.4) is 0 Å². The maximum Gasteiger partial charge on any atom is 0.317 e. The van der Waals surface area contributed by atoms with Crippen molar-refractivity contribution in [3.63, 3.8) is 0 Å². The Kier molecular flexibility index (Phi) is 5.30. The number of hydrogen-bond acceptors (Lipinski definition) is 3. The minimum Gasteiger partial charge on any atom is -0.350 e. The van der Waals surface area contributed by atoms with Gasteiger partial charge in [0, 0.05) is 18.7 Å². The highest BCUT2D eigenvalue weighted by Gasteiger charge is 2.14. The molecule has 138 valence electrons. The first-order chi connectivity index (χ1) is 13.0. The van der Waals surface area contributed by atoms with Gasteiger partial charge in [-0.15, -0.1) is 6.58 Å². The number of allylic oxidation sites excluding steroid dienone is 1. The van der Waals surface area contributed by atoms with E-state index in [0.29, 0.717) is 16.6 Å². The van der Waals surface area contributed by atoms with Crippen LogP contribution in [0, 0.1) is 5.82 Å². The fourth-order valence-corrected chi connectivity index (χ4v) is 2.87. The average Bonchev–Trinajstić information content (AvgIpc) is 2.68. The largest absolute Gasteiger partial charge is 0.350 e. The maximum absolute atomic E-state index is 13.7. The third kappa shape index (κ3) is 3.72. The van der Waals surface area contributed by atoms with Crippen molar-refractivity contribution in [3.8, 4) is 0 Å². The van der Waals surface area contributed by atoms with Crippen LogP contribution in [0.25, 0.3) is 11.0 Å². The van der Waals surface area contributed by atoms with Crippen LogP contribution in [0.5, 0.6) is 0 Å². The summed E-state index contributed by atoms with van der Waals surface area (Å²) in [7, 11) is 0. The van der Waals surface area contributed by atoms with Crippen molar-refractivity contribution in [2.24, 2.45) is 0 Å². The number of fused-ring (bicyclic) bond motifs is 1. The van der Waals surface area contributed by atoms with E-state index in [2.05, 4.69) is 11.9 Å². The maximum atomic E-state index is 13.7. The van der Waals surface area contributed by atoms with Crippen molar-refractivity contribution in [1.82, 2.24) is 14.5 Å². The molecule has 1 amide bonds. The van der Waals surface area contributed by atoms with Gasteiger partial charge >= 0.3 is 11.1 Å². The number of halogens is 1. The van der Waals surface area contributed by atoms with Crippen LogP contribution >= 0.6 is 0 Å². The van der Waals surface area contributed by atoms with Gasteiger partial charge in [-0.1, -0.05) is 36.4 Å². The van der Waals surface area contributed by atoms with E-state index in [4.69, 9.17) is 0 Å². The SMILES string of the molecule is C=CCn1c(=O)c(=O)n(CC(=O)NCc2ccccc2F)c2ccccc21. The number of carbonyl (C=O) groups excluding carboxylic acids is 1. The summed E-state index contributed by atoms with van der Waals surface area (Å²) in [5.41, 5.74) is -0.189. The Morgan fingerprint density at radius 1 is 1.00 bits per heavy atom. The number of rotatable bonds is 6. The lowest BCUT2D eigenvalue weighted by atomic mass is 10.2. The highest BCUT2D eigenvalue weighted by Crippen LogP contribution is 2.10. The van der Waals surface area contributed by atoms with Crippen molar-refractivity contribution in [2.75, 3.05) is 0 Å². The van der Waals surface area contributed by atoms with Crippen LogP contribution in [0.4, 0.5) is 4.39 Å². The van der Waals surface area contributed by atoms with Gasteiger partial charge in [-0.2, -0.15) is 0 Å². The van der Waals surface area contributed by atoms with Crippen LogP contribution in [-0.4, -0.2) is 15.0 Å². The smallest absolute Gasteiger partial charge is 0.317 e. The summed E-state index contributed by atoms with van der Waals surface area (Å²) in [6.45, 7) is 3.45. The number of nitrogens with one attached hydrogen (secondary N) is 1. The van der Waals surface area contributed by atoms with E-state index >= 15 is 0 Å². The number of hydrogen-bond donors (Lipinski definition) is 1. The Labute approximate surface area is 154 Å². The van der Waals surface area contributed by atoms with E-state index in [-0.39, 0.29) is 19.6 Å². The van der Waals surface area contributed by atoms with Gasteiger partial charge in [0.25, 0.3) is 0 Å². The van der Waals surface area contributed by atoms with E-state index < -0.39 is 22.8 Å². The first-order valence-corrected chi connectivity index (χ1v) is 8.36. The molecule has 27 heavy (non-hydrogen) atoms. The summed E-state index contributed by atoms with van der Waals surface area (Å²) >= 11 is 0. The summed E-state index contributed by atoms with van der Waals surface area (Å²) in [5, 5.41) is 2.58. The van der Waals surface area contributed by atoms with Gasteiger partial charge in [0.2, 0.25) is 5.91 Å². The molecule has 3 aromatic rings. The topological polar surface area (TPSA) is 73.1 Å². The molecule has 0 radical (unpaired) electrons. The molecule has 0 unspecified atom stereocenters. The van der Waals surface area contributed by atoms with E-state index in [0.717, 1.165) is 4.57 Å². The Morgan fingerprint density at radius 2 is 1.59 bits per heavy atom. The zero-order valence-electron chi connectivity index (χ0n) is 14.5. The van der Waals surface area contributed by atoms with Crippen molar-refractivity contribution in [1.29, 1.82) is 0 Å². The average molecular weight is 367 g/mol. The van der Waals surface area contributed by atoms with E-state index in [1.165, 1.54) is 16.7 Å². The molecule has 0 saturated carbocycles. The summed E-state index contributed by atoms with van der Waals surface area (Å²) in [4.78, 5) is 37.2. The van der Waals surface area contributed by atoms with Crippen molar-refractivity contribution in [3.05, 3.63) is 93.3 Å². The molecular formula is C20H18FN3O3. The number of para-hydroxylation sites is 2. The Hall–Kier alpha value is -3.48. The standard InChI is InChI=1S/C20H18FN3O3/c1-2-11-23-16-9-5-6-10-17(16)24(20(27)19(23)26)13-18(25)22-12-14-7-3-4-8-15(14)21/h2-10H,1,11-13H2,(H,22,25). The van der Waals surface area contributed by atoms with Gasteiger partial charge in [-0.05, 0) is 18.2 Å². The molecule has 0 aliphatic heterocycles. The summed E-state index contributed by atoms with van der Waals surface area (Å²) in [5.74, 6) is -0.918. The number of nitrogens with zero attached hydrogens (tertiary/aromatic N) is 2. The van der Waals surface area contributed by atoms with Gasteiger partial charge in [0.05, 0.1) is 11.0 Å². The lowest BCUT2D eigenvalue weighted by Gasteiger charge is -2.14. The lowest BCUT2D eigenvalue weighted by molar-refractivity contribution is -0.121. The molecule has 0 aliphatic rings. The Morgan fingerprint density at radius 3 is 2.26 bits per heavy atom. The zero-order valence-corrected chi connectivity index (χ0v) is 14.5. The van der Waals surface area contributed by atoms with Crippen LogP contribution < -0.4 is 16.4 Å². The van der Waals surface area contributed by atoms with Gasteiger partial charge < -0.3 is 5.32 Å². The molecule has 0 saturated heterocycles. The van der Waals surface area contributed by atoms with Crippen LogP contribution in [-0.2, 0) is 24.4 Å². The van der Waals surface area contributed by atoms with E-state index in [1.807, 2.05) is 0 Å². The molecule has 0 aliphatic carbocycles. The Bertz CT molecular complexity index is 1130. The molecule has 3 rings (SSSR count). The third-order valence-corrected chi connectivity index (χ3v) is 4.18. The molecule has 1 aromatic heterocycles. The molecule has 1 N–H and O–H groups in total. The second-order valence-corrected chi connectivity index (χ2v) is 5.95. The predicted octanol–water partition coefficient (Wildman–Crippen LogP) is 1.80. The highest BCUT2D eigenvalue weighted by molar-refractivity contribution is 5.80. The highest BCUT2D eigenvalue weighted by atomic mass is 19.1. The summed E-state index contributed by atoms with van der Waals surface area (Å²) in [6, 6.07) is 12.9. The van der Waals surface area contributed by atoms with E-state index in [9.17, 15) is 18.8 Å². The number of carbonyl (C=O) groups is 1. The molecule has 0 atom stereocenters. The lowest BCUT2D eigenvalue weighted by Crippen LogP contribution is -2.43. The molecule has 0 bridgehead atoms. The quantitative estimate of drug-likeness (QED) is 0.533. The molecular weight excluding hydrogens is 349 g/mol. The monoisotopic (exact) mass is 367 g/mol. The van der Waals surface area contributed by atoms with Gasteiger partial charge in [-0.25, -0.2) is 4.39 Å². The predicted molar refractivity (Wildman–Crippen MR) is 101 cm³/mol. The fraction of sp³-hybridized carbons (Fsp3) is 0.150. The minimum atomic E-state index is -0.795. The summed E-state index contributed by atoms with van der Waals surface area (Å²) < 4.78 is 16.1. The van der Waals surface area contributed by atoms with Crippen molar-refractivity contribution >= 4 is 16.9 Å². The number of benzene rings is 2. The summed E-state index contributed by atoms with van der Waals surface area (Å²) in [6.07, 6.45) is 1.53. The van der Waals surface area contributed by atoms with Gasteiger partial charge in [0.1, 0.15) is 12.4 Å². The molecule has 0 spiro atoms. The van der Waals surface area contributed by atoms with Gasteiger partial charge in [0.15, 0.2) is 0 Å². The first kappa shape index (κ1) is 18.3.